The summed E-state index contributed by atoms with van der Waals surface area (Å²) in [5.41, 5.74) is 1.32. The van der Waals surface area contributed by atoms with Crippen LogP contribution in [0.25, 0.3) is 0 Å². The van der Waals surface area contributed by atoms with Crippen LogP contribution < -0.4 is 0 Å². The van der Waals surface area contributed by atoms with Crippen molar-refractivity contribution >= 4 is 15.2 Å². The van der Waals surface area contributed by atoms with Gasteiger partial charge in [0.1, 0.15) is 0 Å². The Morgan fingerprint density at radius 3 is 1.53 bits per heavy atom. The molecule has 17 heavy (non-hydrogen) atoms. The molecule has 1 radical (unpaired) electrons. The molecule has 0 heterocycles. The van der Waals surface area contributed by atoms with Gasteiger partial charge >= 0.3 is 0 Å². The summed E-state index contributed by atoms with van der Waals surface area (Å²) in [7, 11) is 0. The fourth-order valence-electron chi connectivity index (χ4n) is 1.30. The number of hydrogen-bond donors (Lipinski definition) is 0. The first kappa shape index (κ1) is 19.1. The maximum atomic E-state index is 2.31. The Morgan fingerprint density at radius 2 is 1.29 bits per heavy atom. The zero-order valence-corrected chi connectivity index (χ0v) is 13.2. The van der Waals surface area contributed by atoms with E-state index in [-0.39, 0.29) is 5.48 Å². The Kier molecular flexibility index (Phi) is 13.7. The molecule has 1 aromatic carbocycles. The smallest absolute Gasteiger partial charge is 0.200 e. The van der Waals surface area contributed by atoms with Crippen LogP contribution in [0, 0.1) is 18.8 Å². The first-order valence-corrected chi connectivity index (χ1v) is 7.99. The lowest BCUT2D eigenvalue weighted by Gasteiger charge is -2.03. The Balaban J connectivity index is 0. The van der Waals surface area contributed by atoms with E-state index in [2.05, 4.69) is 46.8 Å². The van der Waals surface area contributed by atoms with Gasteiger partial charge in [0.15, 0.2) is 0 Å². The molecule has 97 valence electrons. The van der Waals surface area contributed by atoms with E-state index in [4.69, 9.17) is 0 Å². The number of hydrogen-bond acceptors (Lipinski definition) is 0. The lowest BCUT2D eigenvalue weighted by molar-refractivity contribution is 0.700. The van der Waals surface area contributed by atoms with E-state index in [1.165, 1.54) is 16.1 Å². The van der Waals surface area contributed by atoms with E-state index in [0.717, 1.165) is 27.1 Å². The van der Waals surface area contributed by atoms with Crippen molar-refractivity contribution in [2.24, 2.45) is 11.8 Å². The molecule has 0 spiro atoms. The molecule has 1 nitrogen and oxygen atoms in total. The molecule has 0 fully saturated rings. The highest BCUT2D eigenvalue weighted by atomic mass is 27.1. The molecule has 1 rings (SSSR count). The van der Waals surface area contributed by atoms with Gasteiger partial charge in [0.2, 0.25) is 15.2 Å². The van der Waals surface area contributed by atoms with Crippen molar-refractivity contribution < 1.29 is 5.48 Å². The minimum absolute atomic E-state index is 0. The van der Waals surface area contributed by atoms with Crippen molar-refractivity contribution in [3.8, 4) is 0 Å². The van der Waals surface area contributed by atoms with Crippen LogP contribution in [0.1, 0.15) is 33.3 Å². The Bertz CT molecular complexity index is 236. The monoisotopic (exact) mass is 251 g/mol. The summed E-state index contributed by atoms with van der Waals surface area (Å²) in [5.74, 6) is 1.86. The fraction of sp³-hybridized carbons (Fsp3) is 0.600. The Hall–Kier alpha value is -0.288. The fourth-order valence-corrected chi connectivity index (χ4v) is 2.82. The largest absolute Gasteiger partial charge is 0.412 e. The van der Waals surface area contributed by atoms with E-state index < -0.39 is 0 Å². The van der Waals surface area contributed by atoms with Crippen LogP contribution in [0.15, 0.2) is 30.3 Å². The van der Waals surface area contributed by atoms with Gasteiger partial charge in [-0.3, -0.25) is 0 Å². The minimum Gasteiger partial charge on any atom is -0.412 e. The number of rotatable bonds is 4. The van der Waals surface area contributed by atoms with Crippen LogP contribution in [-0.2, 0) is 0 Å². The predicted molar refractivity (Wildman–Crippen MR) is 79.8 cm³/mol. The Labute approximate surface area is 114 Å². The van der Waals surface area contributed by atoms with Crippen molar-refractivity contribution in [2.45, 2.75) is 45.2 Å². The van der Waals surface area contributed by atoms with Gasteiger partial charge in [-0.15, -0.1) is 10.6 Å². The summed E-state index contributed by atoms with van der Waals surface area (Å²) in [5, 5.41) is 2.97. The summed E-state index contributed by atoms with van der Waals surface area (Å²) < 4.78 is 0. The highest BCUT2D eigenvalue weighted by molar-refractivity contribution is 6.35. The summed E-state index contributed by atoms with van der Waals surface area (Å²) in [6.45, 7) is 11.3. The van der Waals surface area contributed by atoms with Crippen LogP contribution in [0.3, 0.4) is 0 Å². The van der Waals surface area contributed by atoms with Gasteiger partial charge in [-0.1, -0.05) is 75.4 Å². The number of aryl methyl sites for hydroxylation is 1. The van der Waals surface area contributed by atoms with Gasteiger partial charge in [0.25, 0.3) is 0 Å². The van der Waals surface area contributed by atoms with E-state index in [1.54, 1.807) is 0 Å². The number of benzene rings is 1. The topological polar surface area (TPSA) is 31.5 Å². The maximum absolute atomic E-state index is 2.31. The second-order valence-electron chi connectivity index (χ2n) is 5.20. The van der Waals surface area contributed by atoms with Crippen LogP contribution in [0.4, 0.5) is 0 Å². The molecule has 0 unspecified atom stereocenters. The summed E-state index contributed by atoms with van der Waals surface area (Å²) in [6.07, 6.45) is 0. The maximum Gasteiger partial charge on any atom is 0.200 e. The van der Waals surface area contributed by atoms with Crippen molar-refractivity contribution in [1.82, 2.24) is 0 Å². The lowest BCUT2D eigenvalue weighted by atomic mass is 10.2. The van der Waals surface area contributed by atoms with Crippen molar-refractivity contribution in [2.75, 3.05) is 0 Å². The SMILES string of the molecule is CC(C)[CH2][Al][CH2]C(C)C.Cc1ccccc1.O. The molecular formula is C15H28AlO. The third-order valence-corrected chi connectivity index (χ3v) is 4.77. The van der Waals surface area contributed by atoms with Crippen LogP contribution in [0.5, 0.6) is 0 Å². The van der Waals surface area contributed by atoms with Crippen molar-refractivity contribution in [3.05, 3.63) is 35.9 Å². The van der Waals surface area contributed by atoms with Gasteiger partial charge in [0.05, 0.1) is 0 Å². The van der Waals surface area contributed by atoms with Gasteiger partial charge in [-0.25, -0.2) is 0 Å². The Morgan fingerprint density at radius 1 is 0.882 bits per heavy atom. The van der Waals surface area contributed by atoms with Gasteiger partial charge < -0.3 is 5.48 Å². The molecule has 0 bridgehead atoms. The molecule has 0 aromatic heterocycles. The van der Waals surface area contributed by atoms with E-state index in [9.17, 15) is 0 Å². The second-order valence-corrected chi connectivity index (χ2v) is 6.72. The lowest BCUT2D eigenvalue weighted by Crippen LogP contribution is -1.99. The molecule has 0 aliphatic carbocycles. The molecule has 0 atom stereocenters. The van der Waals surface area contributed by atoms with Crippen LogP contribution in [-0.4, -0.2) is 20.7 Å². The molecule has 0 amide bonds. The normalized spacial score (nSPS) is 9.35. The summed E-state index contributed by atoms with van der Waals surface area (Å²) in [6, 6.07) is 10.3. The molecule has 2 N–H and O–H groups in total. The first-order valence-electron chi connectivity index (χ1n) is 6.35. The van der Waals surface area contributed by atoms with Gasteiger partial charge in [-0.05, 0) is 6.92 Å². The van der Waals surface area contributed by atoms with Crippen molar-refractivity contribution in [3.63, 3.8) is 0 Å². The van der Waals surface area contributed by atoms with E-state index >= 15 is 0 Å². The van der Waals surface area contributed by atoms with E-state index in [1.807, 2.05) is 18.2 Å². The second kappa shape index (κ2) is 12.2. The third-order valence-electron chi connectivity index (χ3n) is 2.22. The van der Waals surface area contributed by atoms with Gasteiger partial charge in [0, 0.05) is 0 Å². The minimum atomic E-state index is 0. The van der Waals surface area contributed by atoms with Gasteiger partial charge in [-0.2, -0.15) is 0 Å². The zero-order chi connectivity index (χ0) is 12.4. The zero-order valence-electron chi connectivity index (χ0n) is 12.0. The average molecular weight is 251 g/mol. The van der Waals surface area contributed by atoms with E-state index in [0.29, 0.717) is 0 Å². The predicted octanol–water partition coefficient (Wildman–Crippen LogP) is 4.01. The third kappa shape index (κ3) is 15.7. The van der Waals surface area contributed by atoms with Crippen LogP contribution in [0.2, 0.25) is 10.6 Å². The highest BCUT2D eigenvalue weighted by Crippen LogP contribution is 2.05. The molecule has 0 aliphatic heterocycles. The average Bonchev–Trinajstić information content (AvgIpc) is 2.18. The van der Waals surface area contributed by atoms with Crippen LogP contribution >= 0.6 is 0 Å². The molecule has 2 heteroatoms. The molecule has 1 aromatic rings. The first-order chi connectivity index (χ1) is 7.52. The summed E-state index contributed by atoms with van der Waals surface area (Å²) >= 11 is 0.755. The quantitative estimate of drug-likeness (QED) is 0.724. The molecule has 0 saturated heterocycles. The standard InChI is InChI=1S/C7H8.2C4H9.Al.H2O/c1-7-5-3-2-4-6-7;2*1-4(2)3;;/h2-6H,1H3;2*4H,1H2,2-3H3;;1H2. The molecule has 0 saturated carbocycles. The highest BCUT2D eigenvalue weighted by Gasteiger charge is 1.98. The summed E-state index contributed by atoms with van der Waals surface area (Å²) in [4.78, 5) is 0. The molecule has 0 aliphatic rings. The molecular weight excluding hydrogens is 223 g/mol. The van der Waals surface area contributed by atoms with Crippen molar-refractivity contribution in [1.29, 1.82) is 0 Å².